The second-order valence-electron chi connectivity index (χ2n) is 1.45. The molecule has 0 aromatic heterocycles. The van der Waals surface area contributed by atoms with Crippen LogP contribution >= 0.6 is 7.60 Å². The zero-order chi connectivity index (χ0) is 9.07. The summed E-state index contributed by atoms with van der Waals surface area (Å²) in [6.07, 6.45) is 0. The number of rotatable bonds is 3. The van der Waals surface area contributed by atoms with Crippen LogP contribution < -0.4 is 0 Å². The first-order chi connectivity index (χ1) is 4.89. The molecule has 3 N–H and O–H groups in total. The van der Waals surface area contributed by atoms with Crippen molar-refractivity contribution in [1.29, 1.82) is 0 Å². The number of oxime groups is 1. The second-order valence-corrected chi connectivity index (χ2v) is 2.96. The maximum absolute atomic E-state index is 10.3. The van der Waals surface area contributed by atoms with Crippen molar-refractivity contribution in [3.05, 3.63) is 0 Å². The minimum absolute atomic E-state index is 0.985. The molecule has 0 unspecified atom stereocenters. The number of aliphatic carboxylic acids is 1. The molecule has 64 valence electrons. The summed E-state index contributed by atoms with van der Waals surface area (Å²) in [4.78, 5) is 30.5. The van der Waals surface area contributed by atoms with Gasteiger partial charge in [0.05, 0.1) is 0 Å². The lowest BCUT2D eigenvalue weighted by atomic mass is 10.8. The zero-order valence-corrected chi connectivity index (χ0v) is 6.36. The monoisotopic (exact) mass is 183 g/mol. The topological polar surface area (TPSA) is 116 Å². The van der Waals surface area contributed by atoms with E-state index in [4.69, 9.17) is 14.9 Å². The molecule has 0 aromatic carbocycles. The van der Waals surface area contributed by atoms with Gasteiger partial charge in [0.1, 0.15) is 7.11 Å². The first kappa shape index (κ1) is 10.1. The average Bonchev–Trinajstić information content (AvgIpc) is 1.79. The Morgan fingerprint density at radius 3 is 2.09 bits per heavy atom. The SMILES string of the molecule is CO/N=C(\C(=O)O)P(=O)(O)O. The molecule has 0 saturated heterocycles. The molecular weight excluding hydrogens is 177 g/mol. The van der Waals surface area contributed by atoms with Gasteiger partial charge in [0.2, 0.25) is 0 Å². The maximum atomic E-state index is 10.3. The van der Waals surface area contributed by atoms with Crippen LogP contribution in [0.15, 0.2) is 5.16 Å². The standard InChI is InChI=1S/C3H6NO6P/c1-10-4-2(3(5)6)11(7,8)9/h1H3,(H,5,6)(H2,7,8,9)/b4-2+. The lowest BCUT2D eigenvalue weighted by Gasteiger charge is -2.00. The lowest BCUT2D eigenvalue weighted by Crippen LogP contribution is -2.13. The molecule has 0 aliphatic carbocycles. The summed E-state index contributed by atoms with van der Waals surface area (Å²) in [5.41, 5.74) is -1.31. The average molecular weight is 183 g/mol. The molecule has 0 atom stereocenters. The van der Waals surface area contributed by atoms with Crippen molar-refractivity contribution in [2.75, 3.05) is 7.11 Å². The first-order valence-electron chi connectivity index (χ1n) is 2.30. The van der Waals surface area contributed by atoms with Gasteiger partial charge in [-0.3, -0.25) is 4.57 Å². The smallest absolute Gasteiger partial charge is 0.385 e. The fourth-order valence-electron chi connectivity index (χ4n) is 0.303. The summed E-state index contributed by atoms with van der Waals surface area (Å²) < 4.78 is 10.3. The summed E-state index contributed by atoms with van der Waals surface area (Å²) >= 11 is 0. The summed E-state index contributed by atoms with van der Waals surface area (Å²) in [5, 5.41) is 10.8. The van der Waals surface area contributed by atoms with E-state index in [-0.39, 0.29) is 0 Å². The van der Waals surface area contributed by atoms with Gasteiger partial charge in [-0.1, -0.05) is 5.16 Å². The van der Waals surface area contributed by atoms with Gasteiger partial charge in [0, 0.05) is 0 Å². The van der Waals surface area contributed by atoms with Crippen LogP contribution in [0.4, 0.5) is 0 Å². The number of carbonyl (C=O) groups is 1. The highest BCUT2D eigenvalue weighted by molar-refractivity contribution is 7.73. The third-order valence-corrected chi connectivity index (χ3v) is 1.47. The Morgan fingerprint density at radius 2 is 2.00 bits per heavy atom. The van der Waals surface area contributed by atoms with E-state index in [2.05, 4.69) is 9.99 Å². The Labute approximate surface area is 61.4 Å². The minimum atomic E-state index is -4.82. The minimum Gasteiger partial charge on any atom is -0.476 e. The lowest BCUT2D eigenvalue weighted by molar-refractivity contribution is -0.129. The number of hydrogen-bond acceptors (Lipinski definition) is 4. The van der Waals surface area contributed by atoms with Gasteiger partial charge in [-0.15, -0.1) is 0 Å². The van der Waals surface area contributed by atoms with E-state index in [1.165, 1.54) is 0 Å². The van der Waals surface area contributed by atoms with Crippen LogP contribution in [0.2, 0.25) is 0 Å². The Bertz CT molecular complexity index is 228. The van der Waals surface area contributed by atoms with Gasteiger partial charge in [-0.25, -0.2) is 4.79 Å². The molecule has 0 aliphatic rings. The molecule has 0 saturated carbocycles. The fourth-order valence-corrected chi connectivity index (χ4v) is 0.740. The quantitative estimate of drug-likeness (QED) is 0.300. The van der Waals surface area contributed by atoms with Crippen LogP contribution in [0.1, 0.15) is 0 Å². The van der Waals surface area contributed by atoms with Gasteiger partial charge in [-0.05, 0) is 0 Å². The zero-order valence-electron chi connectivity index (χ0n) is 5.46. The highest BCUT2D eigenvalue weighted by atomic mass is 31.2. The molecule has 0 amide bonds. The van der Waals surface area contributed by atoms with E-state index in [9.17, 15) is 9.36 Å². The van der Waals surface area contributed by atoms with Crippen LogP contribution in [0, 0.1) is 0 Å². The summed E-state index contributed by atoms with van der Waals surface area (Å²) in [6, 6.07) is 0. The van der Waals surface area contributed by atoms with Crippen molar-refractivity contribution in [2.24, 2.45) is 5.16 Å². The molecule has 0 heterocycles. The number of carboxylic acids is 1. The third-order valence-electron chi connectivity index (χ3n) is 0.645. The molecule has 8 heteroatoms. The Balaban J connectivity index is 4.78. The van der Waals surface area contributed by atoms with E-state index in [0.29, 0.717) is 0 Å². The largest absolute Gasteiger partial charge is 0.476 e. The second kappa shape index (κ2) is 3.47. The van der Waals surface area contributed by atoms with Gasteiger partial charge >= 0.3 is 13.6 Å². The first-order valence-corrected chi connectivity index (χ1v) is 3.91. The molecular formula is C3H6NO6P. The molecule has 0 rings (SSSR count). The molecule has 0 fully saturated rings. The predicted octanol–water partition coefficient (Wildman–Crippen LogP) is -0.791. The number of nitrogens with zero attached hydrogens (tertiary/aromatic N) is 1. The predicted molar refractivity (Wildman–Crippen MR) is 34.1 cm³/mol. The summed E-state index contributed by atoms with van der Waals surface area (Å²) in [5.74, 6) is -1.81. The fraction of sp³-hybridized carbons (Fsp3) is 0.333. The van der Waals surface area contributed by atoms with Crippen molar-refractivity contribution in [3.8, 4) is 0 Å². The van der Waals surface area contributed by atoms with Crippen molar-refractivity contribution in [3.63, 3.8) is 0 Å². The summed E-state index contributed by atoms with van der Waals surface area (Å²) in [6.45, 7) is 0. The van der Waals surface area contributed by atoms with E-state index in [0.717, 1.165) is 7.11 Å². The number of carboxylic acid groups (broad SMARTS) is 1. The van der Waals surface area contributed by atoms with Crippen LogP contribution in [-0.4, -0.2) is 33.4 Å². The highest BCUT2D eigenvalue weighted by Gasteiger charge is 2.31. The molecule has 11 heavy (non-hydrogen) atoms. The molecule has 0 aromatic rings. The number of hydrogen-bond donors (Lipinski definition) is 3. The van der Waals surface area contributed by atoms with E-state index >= 15 is 0 Å². The Kier molecular flexibility index (Phi) is 3.18. The van der Waals surface area contributed by atoms with E-state index in [1.807, 2.05) is 0 Å². The molecule has 0 radical (unpaired) electrons. The van der Waals surface area contributed by atoms with Crippen molar-refractivity contribution >= 4 is 19.0 Å². The Hall–Kier alpha value is -0.910. The van der Waals surface area contributed by atoms with Crippen LogP contribution in [-0.2, 0) is 14.2 Å². The van der Waals surface area contributed by atoms with Gasteiger partial charge in [0.15, 0.2) is 0 Å². The van der Waals surface area contributed by atoms with E-state index in [1.54, 1.807) is 0 Å². The normalized spacial score (nSPS) is 12.8. The van der Waals surface area contributed by atoms with E-state index < -0.39 is 19.0 Å². The van der Waals surface area contributed by atoms with Crippen molar-refractivity contribution in [1.82, 2.24) is 0 Å². The maximum Gasteiger partial charge on any atom is 0.385 e. The van der Waals surface area contributed by atoms with Crippen molar-refractivity contribution < 1.29 is 29.1 Å². The van der Waals surface area contributed by atoms with Crippen LogP contribution in [0.5, 0.6) is 0 Å². The van der Waals surface area contributed by atoms with Crippen LogP contribution in [0.25, 0.3) is 0 Å². The van der Waals surface area contributed by atoms with Crippen LogP contribution in [0.3, 0.4) is 0 Å². The Morgan fingerprint density at radius 1 is 1.55 bits per heavy atom. The highest BCUT2D eigenvalue weighted by Crippen LogP contribution is 2.36. The third kappa shape index (κ3) is 3.13. The van der Waals surface area contributed by atoms with Crippen molar-refractivity contribution in [2.45, 2.75) is 0 Å². The molecule has 0 aliphatic heterocycles. The molecule has 0 spiro atoms. The molecule has 7 nitrogen and oxygen atoms in total. The van der Waals surface area contributed by atoms with Gasteiger partial charge in [0.25, 0.3) is 5.45 Å². The summed E-state index contributed by atoms with van der Waals surface area (Å²) in [7, 11) is -3.84. The van der Waals surface area contributed by atoms with Gasteiger partial charge < -0.3 is 19.7 Å². The van der Waals surface area contributed by atoms with Gasteiger partial charge in [-0.2, -0.15) is 0 Å². The molecule has 0 bridgehead atoms.